The van der Waals surface area contributed by atoms with Crippen molar-refractivity contribution in [1.82, 2.24) is 0 Å². The third-order valence-electron chi connectivity index (χ3n) is 4.41. The van der Waals surface area contributed by atoms with Crippen molar-refractivity contribution in [3.8, 4) is 0 Å². The Labute approximate surface area is 77.4 Å². The van der Waals surface area contributed by atoms with E-state index >= 15 is 0 Å². The van der Waals surface area contributed by atoms with Gasteiger partial charge in [0.05, 0.1) is 0 Å². The molecule has 0 aliphatic heterocycles. The number of hydrogen-bond donors (Lipinski definition) is 3. The summed E-state index contributed by atoms with van der Waals surface area (Å²) in [6, 6.07) is 0. The maximum Gasteiger partial charge on any atom is 0.195 e. The Balaban J connectivity index is 2.03. The molecule has 2 atom stereocenters. The van der Waals surface area contributed by atoms with Gasteiger partial charge in [0.15, 0.2) is 5.79 Å². The summed E-state index contributed by atoms with van der Waals surface area (Å²) in [6.45, 7) is 0. The summed E-state index contributed by atoms with van der Waals surface area (Å²) < 4.78 is 0. The number of aliphatic hydroxyl groups is 3. The van der Waals surface area contributed by atoms with Crippen LogP contribution in [0.3, 0.4) is 0 Å². The van der Waals surface area contributed by atoms with Gasteiger partial charge < -0.3 is 15.3 Å². The van der Waals surface area contributed by atoms with Gasteiger partial charge in [-0.25, -0.2) is 0 Å². The van der Waals surface area contributed by atoms with Crippen LogP contribution in [0.5, 0.6) is 0 Å². The molecule has 4 rings (SSSR count). The van der Waals surface area contributed by atoms with Gasteiger partial charge in [0.1, 0.15) is 5.60 Å². The van der Waals surface area contributed by atoms with E-state index < -0.39 is 11.4 Å². The van der Waals surface area contributed by atoms with Gasteiger partial charge in [-0.15, -0.1) is 0 Å². The van der Waals surface area contributed by atoms with E-state index in [1.807, 2.05) is 0 Å². The molecule has 0 saturated heterocycles. The number of hydrogen-bond acceptors (Lipinski definition) is 3. The van der Waals surface area contributed by atoms with Crippen LogP contribution in [-0.4, -0.2) is 26.7 Å². The molecule has 0 aromatic rings. The summed E-state index contributed by atoms with van der Waals surface area (Å²) in [5.74, 6) is -0.811. The molecule has 2 unspecified atom stereocenters. The lowest BCUT2D eigenvalue weighted by atomic mass is 9.51. The van der Waals surface area contributed by atoms with Gasteiger partial charge in [0, 0.05) is 5.92 Å². The second kappa shape index (κ2) is 2.10. The van der Waals surface area contributed by atoms with Gasteiger partial charge in [-0.05, 0) is 43.9 Å². The standard InChI is InChI=1S/C10H16O3/c11-9-4-6-1-7(5-9)3-8(2-6)10(9,12)13/h6-8,11-13H,1-5H2. The molecule has 4 saturated carbocycles. The summed E-state index contributed by atoms with van der Waals surface area (Å²) in [4.78, 5) is 0. The molecular formula is C10H16O3. The molecule has 4 bridgehead atoms. The highest BCUT2D eigenvalue weighted by molar-refractivity contribution is 5.10. The first-order chi connectivity index (χ1) is 6.01. The van der Waals surface area contributed by atoms with Gasteiger partial charge in [-0.2, -0.15) is 0 Å². The normalized spacial score (nSPS) is 57.0. The molecule has 74 valence electrons. The lowest BCUT2D eigenvalue weighted by molar-refractivity contribution is -0.358. The summed E-state index contributed by atoms with van der Waals surface area (Å²) in [7, 11) is 0. The Morgan fingerprint density at radius 2 is 1.38 bits per heavy atom. The molecule has 0 amide bonds. The quantitative estimate of drug-likeness (QED) is 0.472. The topological polar surface area (TPSA) is 60.7 Å². The molecule has 0 spiro atoms. The van der Waals surface area contributed by atoms with Gasteiger partial charge in [0.25, 0.3) is 0 Å². The Bertz CT molecular complexity index is 235. The third-order valence-corrected chi connectivity index (χ3v) is 4.41. The predicted molar refractivity (Wildman–Crippen MR) is 45.7 cm³/mol. The van der Waals surface area contributed by atoms with Crippen LogP contribution < -0.4 is 0 Å². The fraction of sp³-hybridized carbons (Fsp3) is 1.00. The maximum atomic E-state index is 10.1. The lowest BCUT2D eigenvalue weighted by Crippen LogP contribution is -2.68. The molecule has 13 heavy (non-hydrogen) atoms. The minimum absolute atomic E-state index is 0.0799. The van der Waals surface area contributed by atoms with Gasteiger partial charge >= 0.3 is 0 Å². The maximum absolute atomic E-state index is 10.1. The van der Waals surface area contributed by atoms with Crippen molar-refractivity contribution in [3.05, 3.63) is 0 Å². The van der Waals surface area contributed by atoms with Crippen molar-refractivity contribution in [2.45, 2.75) is 43.5 Å². The van der Waals surface area contributed by atoms with Gasteiger partial charge in [-0.3, -0.25) is 0 Å². The van der Waals surface area contributed by atoms with Crippen molar-refractivity contribution >= 4 is 0 Å². The average molecular weight is 184 g/mol. The SMILES string of the molecule is OC12CC3CC(CC(C3)C1(O)O)C2. The lowest BCUT2D eigenvalue weighted by Gasteiger charge is -2.60. The summed E-state index contributed by atoms with van der Waals surface area (Å²) in [5, 5.41) is 29.8. The van der Waals surface area contributed by atoms with Crippen LogP contribution in [0, 0.1) is 17.8 Å². The fourth-order valence-electron chi connectivity index (χ4n) is 3.95. The van der Waals surface area contributed by atoms with Crippen LogP contribution in [0.1, 0.15) is 32.1 Å². The van der Waals surface area contributed by atoms with Crippen molar-refractivity contribution in [3.63, 3.8) is 0 Å². The van der Waals surface area contributed by atoms with Gasteiger partial charge in [0.2, 0.25) is 0 Å². The van der Waals surface area contributed by atoms with Crippen LogP contribution in [0.15, 0.2) is 0 Å². The molecule has 3 heteroatoms. The zero-order chi connectivity index (χ0) is 9.27. The molecule has 0 radical (unpaired) electrons. The van der Waals surface area contributed by atoms with Crippen molar-refractivity contribution < 1.29 is 15.3 Å². The molecule has 0 heterocycles. The summed E-state index contributed by atoms with van der Waals surface area (Å²) in [5.41, 5.74) is -1.19. The highest BCUT2D eigenvalue weighted by atomic mass is 16.5. The molecule has 3 N–H and O–H groups in total. The first-order valence-electron chi connectivity index (χ1n) is 5.18. The highest BCUT2D eigenvalue weighted by Crippen LogP contribution is 2.59. The zero-order valence-electron chi connectivity index (χ0n) is 7.61. The van der Waals surface area contributed by atoms with Crippen LogP contribution in [-0.2, 0) is 0 Å². The van der Waals surface area contributed by atoms with Crippen molar-refractivity contribution in [2.24, 2.45) is 17.8 Å². The van der Waals surface area contributed by atoms with E-state index in [1.165, 1.54) is 6.42 Å². The van der Waals surface area contributed by atoms with Crippen molar-refractivity contribution in [1.29, 1.82) is 0 Å². The van der Waals surface area contributed by atoms with Crippen LogP contribution in [0.4, 0.5) is 0 Å². The first kappa shape index (κ1) is 8.21. The van der Waals surface area contributed by atoms with E-state index in [2.05, 4.69) is 0 Å². The fourth-order valence-corrected chi connectivity index (χ4v) is 3.95. The number of rotatable bonds is 0. The van der Waals surface area contributed by atoms with Crippen LogP contribution >= 0.6 is 0 Å². The Morgan fingerprint density at radius 3 is 1.85 bits per heavy atom. The van der Waals surface area contributed by atoms with Crippen LogP contribution in [0.25, 0.3) is 0 Å². The predicted octanol–water partition coefficient (Wildman–Crippen LogP) is 0.238. The Kier molecular flexibility index (Phi) is 1.33. The largest absolute Gasteiger partial charge is 0.384 e. The minimum Gasteiger partial charge on any atom is -0.384 e. The smallest absolute Gasteiger partial charge is 0.195 e. The average Bonchev–Trinajstić information content (AvgIpc) is 1.99. The van der Waals surface area contributed by atoms with E-state index in [4.69, 9.17) is 0 Å². The molecule has 4 fully saturated rings. The summed E-state index contributed by atoms with van der Waals surface area (Å²) >= 11 is 0. The van der Waals surface area contributed by atoms with E-state index in [-0.39, 0.29) is 5.92 Å². The van der Waals surface area contributed by atoms with Crippen molar-refractivity contribution in [2.75, 3.05) is 0 Å². The molecule has 4 aliphatic carbocycles. The second-order valence-electron chi connectivity index (χ2n) is 5.30. The Morgan fingerprint density at radius 1 is 0.846 bits per heavy atom. The highest BCUT2D eigenvalue weighted by Gasteiger charge is 2.64. The van der Waals surface area contributed by atoms with E-state index in [9.17, 15) is 15.3 Å². The van der Waals surface area contributed by atoms with E-state index in [0.717, 1.165) is 12.8 Å². The minimum atomic E-state index is -1.81. The zero-order valence-corrected chi connectivity index (χ0v) is 7.61. The molecular weight excluding hydrogens is 168 g/mol. The molecule has 0 aromatic carbocycles. The van der Waals surface area contributed by atoms with E-state index in [1.54, 1.807) is 0 Å². The molecule has 0 aromatic heterocycles. The monoisotopic (exact) mass is 184 g/mol. The van der Waals surface area contributed by atoms with E-state index in [0.29, 0.717) is 24.7 Å². The third kappa shape index (κ3) is 0.853. The van der Waals surface area contributed by atoms with Crippen LogP contribution in [0.2, 0.25) is 0 Å². The van der Waals surface area contributed by atoms with Gasteiger partial charge in [-0.1, -0.05) is 0 Å². The molecule has 4 aliphatic rings. The summed E-state index contributed by atoms with van der Waals surface area (Å²) in [6.07, 6.45) is 4.16. The second-order valence-corrected chi connectivity index (χ2v) is 5.30. The first-order valence-corrected chi connectivity index (χ1v) is 5.18. The Hall–Kier alpha value is -0.120. The molecule has 3 nitrogen and oxygen atoms in total.